The molecule has 0 aliphatic rings. The maximum Gasteiger partial charge on any atom is 0.0458 e. The zero-order valence-electron chi connectivity index (χ0n) is 9.22. The summed E-state index contributed by atoms with van der Waals surface area (Å²) < 4.78 is 0. The summed E-state index contributed by atoms with van der Waals surface area (Å²) in [6.45, 7) is 2.89. The van der Waals surface area contributed by atoms with Gasteiger partial charge in [-0.05, 0) is 50.4 Å². The van der Waals surface area contributed by atoms with Crippen molar-refractivity contribution in [2.75, 3.05) is 6.54 Å². The van der Waals surface area contributed by atoms with E-state index in [-0.39, 0.29) is 0 Å². The molecule has 0 saturated carbocycles. The van der Waals surface area contributed by atoms with Gasteiger partial charge in [0.25, 0.3) is 0 Å². The molecule has 0 atom stereocenters. The minimum absolute atomic E-state index is 0.794. The van der Waals surface area contributed by atoms with Gasteiger partial charge in [0.1, 0.15) is 0 Å². The van der Waals surface area contributed by atoms with Crippen molar-refractivity contribution < 1.29 is 0 Å². The fourth-order valence-electron chi connectivity index (χ4n) is 2.04. The molecule has 0 unspecified atom stereocenters. The van der Waals surface area contributed by atoms with Crippen LogP contribution in [0.4, 0.5) is 0 Å². The Bertz CT molecular complexity index is 443. The second-order valence-electron chi connectivity index (χ2n) is 4.08. The number of nitrogens with two attached hydrogens (primary N) is 1. The van der Waals surface area contributed by atoms with Gasteiger partial charge in [-0.3, -0.25) is 0 Å². The third-order valence-corrected chi connectivity index (χ3v) is 2.79. The molecule has 0 amide bonds. The van der Waals surface area contributed by atoms with Gasteiger partial charge in [-0.15, -0.1) is 0 Å². The Morgan fingerprint density at radius 2 is 2.13 bits per heavy atom. The molecule has 0 fully saturated rings. The van der Waals surface area contributed by atoms with E-state index in [4.69, 9.17) is 5.73 Å². The number of aromatic nitrogens is 1. The average molecular weight is 202 g/mol. The highest BCUT2D eigenvalue weighted by molar-refractivity contribution is 5.83. The van der Waals surface area contributed by atoms with Gasteiger partial charge < -0.3 is 10.7 Å². The monoisotopic (exact) mass is 202 g/mol. The van der Waals surface area contributed by atoms with E-state index >= 15 is 0 Å². The van der Waals surface area contributed by atoms with Crippen LogP contribution in [0.2, 0.25) is 0 Å². The van der Waals surface area contributed by atoms with E-state index in [0.29, 0.717) is 0 Å². The summed E-state index contributed by atoms with van der Waals surface area (Å²) in [5, 5.41) is 1.37. The van der Waals surface area contributed by atoms with E-state index in [1.807, 2.05) is 0 Å². The topological polar surface area (TPSA) is 41.8 Å². The standard InChI is InChI=1S/C13H18N2/c1-10-9-12-11(5-2-3-8-14)6-4-7-13(12)15-10/h4,6-7,9,15H,2-3,5,8,14H2,1H3. The molecular formula is C13H18N2. The van der Waals surface area contributed by atoms with Crippen LogP contribution in [0.25, 0.3) is 10.9 Å². The number of benzene rings is 1. The Morgan fingerprint density at radius 1 is 1.27 bits per heavy atom. The quantitative estimate of drug-likeness (QED) is 0.735. The highest BCUT2D eigenvalue weighted by atomic mass is 14.7. The molecule has 0 saturated heterocycles. The van der Waals surface area contributed by atoms with Gasteiger partial charge in [0.15, 0.2) is 0 Å². The Kier molecular flexibility index (Phi) is 3.07. The maximum absolute atomic E-state index is 5.50. The van der Waals surface area contributed by atoms with Crippen LogP contribution < -0.4 is 5.73 Å². The molecule has 1 aromatic carbocycles. The van der Waals surface area contributed by atoms with Gasteiger partial charge >= 0.3 is 0 Å². The highest BCUT2D eigenvalue weighted by Crippen LogP contribution is 2.21. The first-order chi connectivity index (χ1) is 7.31. The van der Waals surface area contributed by atoms with Gasteiger partial charge in [0.05, 0.1) is 0 Å². The van der Waals surface area contributed by atoms with Gasteiger partial charge in [-0.25, -0.2) is 0 Å². The number of H-pyrrole nitrogens is 1. The van der Waals surface area contributed by atoms with Crippen LogP contribution in [0.5, 0.6) is 0 Å². The van der Waals surface area contributed by atoms with Crippen molar-refractivity contribution in [3.05, 3.63) is 35.5 Å². The van der Waals surface area contributed by atoms with Gasteiger partial charge in [-0.1, -0.05) is 12.1 Å². The summed E-state index contributed by atoms with van der Waals surface area (Å²) in [4.78, 5) is 3.36. The zero-order chi connectivity index (χ0) is 10.7. The van der Waals surface area contributed by atoms with Gasteiger partial charge in [-0.2, -0.15) is 0 Å². The van der Waals surface area contributed by atoms with Crippen LogP contribution in [-0.4, -0.2) is 11.5 Å². The fraction of sp³-hybridized carbons (Fsp3) is 0.385. The molecule has 0 aliphatic heterocycles. The van der Waals surface area contributed by atoms with Crippen LogP contribution in [0.15, 0.2) is 24.3 Å². The predicted octanol–water partition coefficient (Wildman–Crippen LogP) is 2.76. The number of hydrogen-bond donors (Lipinski definition) is 2. The molecule has 15 heavy (non-hydrogen) atoms. The summed E-state index contributed by atoms with van der Waals surface area (Å²) in [6, 6.07) is 8.70. The van der Waals surface area contributed by atoms with E-state index in [9.17, 15) is 0 Å². The minimum Gasteiger partial charge on any atom is -0.359 e. The normalized spacial score (nSPS) is 11.1. The second kappa shape index (κ2) is 4.49. The molecule has 1 heterocycles. The van der Waals surface area contributed by atoms with E-state index in [1.54, 1.807) is 0 Å². The van der Waals surface area contributed by atoms with Crippen molar-refractivity contribution >= 4 is 10.9 Å². The van der Waals surface area contributed by atoms with Crippen LogP contribution >= 0.6 is 0 Å². The Hall–Kier alpha value is -1.28. The lowest BCUT2D eigenvalue weighted by molar-refractivity contribution is 0.747. The molecule has 2 rings (SSSR count). The molecular weight excluding hydrogens is 184 g/mol. The fourth-order valence-corrected chi connectivity index (χ4v) is 2.04. The van der Waals surface area contributed by atoms with Gasteiger partial charge in [0, 0.05) is 16.6 Å². The molecule has 0 bridgehead atoms. The predicted molar refractivity (Wildman–Crippen MR) is 65.0 cm³/mol. The summed E-state index contributed by atoms with van der Waals surface area (Å²) >= 11 is 0. The molecule has 0 radical (unpaired) electrons. The van der Waals surface area contributed by atoms with Crippen molar-refractivity contribution in [2.24, 2.45) is 5.73 Å². The lowest BCUT2D eigenvalue weighted by Crippen LogP contribution is -1.99. The van der Waals surface area contributed by atoms with Crippen LogP contribution in [0.1, 0.15) is 24.1 Å². The van der Waals surface area contributed by atoms with E-state index in [2.05, 4.69) is 36.2 Å². The molecule has 2 heteroatoms. The maximum atomic E-state index is 5.50. The molecule has 2 aromatic rings. The first-order valence-corrected chi connectivity index (χ1v) is 5.58. The third kappa shape index (κ3) is 2.21. The summed E-state index contributed by atoms with van der Waals surface area (Å²) in [5.41, 5.74) is 9.42. The molecule has 80 valence electrons. The first kappa shape index (κ1) is 10.2. The largest absolute Gasteiger partial charge is 0.359 e. The number of hydrogen-bond acceptors (Lipinski definition) is 1. The van der Waals surface area contributed by atoms with Crippen LogP contribution in [0.3, 0.4) is 0 Å². The van der Waals surface area contributed by atoms with Crippen molar-refractivity contribution in [2.45, 2.75) is 26.2 Å². The highest BCUT2D eigenvalue weighted by Gasteiger charge is 2.02. The van der Waals surface area contributed by atoms with Crippen LogP contribution in [0, 0.1) is 6.92 Å². The second-order valence-corrected chi connectivity index (χ2v) is 4.08. The SMILES string of the molecule is Cc1cc2c(CCCCN)cccc2[nH]1. The van der Waals surface area contributed by atoms with Crippen molar-refractivity contribution in [1.29, 1.82) is 0 Å². The number of unbranched alkanes of at least 4 members (excludes halogenated alkanes) is 1. The van der Waals surface area contributed by atoms with E-state index in [0.717, 1.165) is 19.4 Å². The first-order valence-electron chi connectivity index (χ1n) is 5.58. The molecule has 1 aromatic heterocycles. The molecule has 2 nitrogen and oxygen atoms in total. The molecule has 0 aliphatic carbocycles. The smallest absolute Gasteiger partial charge is 0.0458 e. The van der Waals surface area contributed by atoms with Crippen LogP contribution in [-0.2, 0) is 6.42 Å². The number of rotatable bonds is 4. The summed E-state index contributed by atoms with van der Waals surface area (Å²) in [5.74, 6) is 0. The Morgan fingerprint density at radius 3 is 2.93 bits per heavy atom. The Balaban J connectivity index is 2.25. The lowest BCUT2D eigenvalue weighted by atomic mass is 10.0. The van der Waals surface area contributed by atoms with Gasteiger partial charge in [0.2, 0.25) is 0 Å². The number of aryl methyl sites for hydroxylation is 2. The number of nitrogens with one attached hydrogen (secondary N) is 1. The Labute approximate surface area is 90.5 Å². The zero-order valence-corrected chi connectivity index (χ0v) is 9.22. The van der Waals surface area contributed by atoms with E-state index in [1.165, 1.54) is 28.6 Å². The average Bonchev–Trinajstić information content (AvgIpc) is 2.59. The lowest BCUT2D eigenvalue weighted by Gasteiger charge is -2.02. The van der Waals surface area contributed by atoms with Crippen molar-refractivity contribution in [3.63, 3.8) is 0 Å². The molecule has 3 N–H and O–H groups in total. The minimum atomic E-state index is 0.794. The van der Waals surface area contributed by atoms with E-state index < -0.39 is 0 Å². The third-order valence-electron chi connectivity index (χ3n) is 2.79. The number of fused-ring (bicyclic) bond motifs is 1. The summed E-state index contributed by atoms with van der Waals surface area (Å²) in [6.07, 6.45) is 3.42. The van der Waals surface area contributed by atoms with Crippen molar-refractivity contribution in [3.8, 4) is 0 Å². The summed E-state index contributed by atoms with van der Waals surface area (Å²) in [7, 11) is 0. The van der Waals surface area contributed by atoms with Crippen molar-refractivity contribution in [1.82, 2.24) is 4.98 Å². The molecule has 0 spiro atoms. The number of aromatic amines is 1.